The highest BCUT2D eigenvalue weighted by molar-refractivity contribution is 7.89. The SMILES string of the molecule is O=S(=O)(c1cnc2ccc(N3CCNCC3)cc2c1)N1CCCCC1. The van der Waals surface area contributed by atoms with Gasteiger partial charge in [-0.3, -0.25) is 4.98 Å². The van der Waals surface area contributed by atoms with Gasteiger partial charge < -0.3 is 10.2 Å². The van der Waals surface area contributed by atoms with Crippen molar-refractivity contribution in [3.63, 3.8) is 0 Å². The van der Waals surface area contributed by atoms with E-state index in [2.05, 4.69) is 27.3 Å². The molecule has 0 aliphatic carbocycles. The second-order valence-electron chi connectivity index (χ2n) is 6.75. The number of benzene rings is 1. The van der Waals surface area contributed by atoms with Crippen LogP contribution in [0.2, 0.25) is 0 Å². The number of rotatable bonds is 3. The van der Waals surface area contributed by atoms with Gasteiger partial charge in [0, 0.05) is 56.5 Å². The summed E-state index contributed by atoms with van der Waals surface area (Å²) >= 11 is 0. The Morgan fingerprint density at radius 2 is 1.72 bits per heavy atom. The van der Waals surface area contributed by atoms with Crippen LogP contribution < -0.4 is 10.2 Å². The minimum Gasteiger partial charge on any atom is -0.369 e. The summed E-state index contributed by atoms with van der Waals surface area (Å²) in [5.41, 5.74) is 1.96. The van der Waals surface area contributed by atoms with Crippen LogP contribution in [0.3, 0.4) is 0 Å². The Balaban J connectivity index is 1.68. The number of hydrogen-bond acceptors (Lipinski definition) is 5. The number of aromatic nitrogens is 1. The van der Waals surface area contributed by atoms with Crippen molar-refractivity contribution in [1.29, 1.82) is 0 Å². The molecule has 1 N–H and O–H groups in total. The summed E-state index contributed by atoms with van der Waals surface area (Å²) < 4.78 is 27.4. The van der Waals surface area contributed by atoms with Gasteiger partial charge in [-0.25, -0.2) is 8.42 Å². The molecule has 2 aliphatic rings. The number of piperidine rings is 1. The molecule has 3 heterocycles. The molecule has 0 saturated carbocycles. The Kier molecular flexibility index (Phi) is 4.62. The van der Waals surface area contributed by atoms with E-state index in [4.69, 9.17) is 0 Å². The van der Waals surface area contributed by atoms with Crippen molar-refractivity contribution in [3.8, 4) is 0 Å². The van der Waals surface area contributed by atoms with Crippen LogP contribution >= 0.6 is 0 Å². The van der Waals surface area contributed by atoms with E-state index in [1.54, 1.807) is 10.4 Å². The van der Waals surface area contributed by atoms with E-state index < -0.39 is 10.0 Å². The number of anilines is 1. The van der Waals surface area contributed by atoms with E-state index >= 15 is 0 Å². The average Bonchev–Trinajstić information content (AvgIpc) is 2.68. The lowest BCUT2D eigenvalue weighted by molar-refractivity contribution is 0.346. The number of sulfonamides is 1. The summed E-state index contributed by atoms with van der Waals surface area (Å²) in [5, 5.41) is 4.23. The number of hydrogen-bond donors (Lipinski definition) is 1. The number of piperazine rings is 1. The van der Waals surface area contributed by atoms with E-state index in [0.29, 0.717) is 18.0 Å². The van der Waals surface area contributed by atoms with Gasteiger partial charge in [0.15, 0.2) is 0 Å². The van der Waals surface area contributed by atoms with Crippen molar-refractivity contribution in [1.82, 2.24) is 14.6 Å². The van der Waals surface area contributed by atoms with Crippen LogP contribution in [0, 0.1) is 0 Å². The van der Waals surface area contributed by atoms with Crippen LogP contribution in [-0.4, -0.2) is 57.0 Å². The maximum Gasteiger partial charge on any atom is 0.244 e. The quantitative estimate of drug-likeness (QED) is 0.904. The van der Waals surface area contributed by atoms with E-state index in [1.807, 2.05) is 6.07 Å². The molecule has 0 unspecified atom stereocenters. The molecule has 6 nitrogen and oxygen atoms in total. The number of nitrogens with zero attached hydrogens (tertiary/aromatic N) is 3. The molecule has 2 saturated heterocycles. The molecule has 4 rings (SSSR count). The van der Waals surface area contributed by atoms with E-state index in [1.165, 1.54) is 6.20 Å². The van der Waals surface area contributed by atoms with Gasteiger partial charge in [-0.1, -0.05) is 6.42 Å². The Labute approximate surface area is 148 Å². The zero-order valence-electron chi connectivity index (χ0n) is 14.3. The predicted molar refractivity (Wildman–Crippen MR) is 99.4 cm³/mol. The van der Waals surface area contributed by atoms with Crippen LogP contribution in [0.25, 0.3) is 10.9 Å². The average molecular weight is 360 g/mol. The Hall–Kier alpha value is -1.70. The highest BCUT2D eigenvalue weighted by atomic mass is 32.2. The first-order valence-electron chi connectivity index (χ1n) is 9.00. The van der Waals surface area contributed by atoms with Gasteiger partial charge in [-0.15, -0.1) is 0 Å². The Morgan fingerprint density at radius 3 is 2.48 bits per heavy atom. The van der Waals surface area contributed by atoms with Crippen LogP contribution in [0.1, 0.15) is 19.3 Å². The molecule has 0 spiro atoms. The van der Waals surface area contributed by atoms with Crippen molar-refractivity contribution >= 4 is 26.6 Å². The zero-order valence-corrected chi connectivity index (χ0v) is 15.1. The molecule has 2 aromatic rings. The maximum absolute atomic E-state index is 12.9. The summed E-state index contributed by atoms with van der Waals surface area (Å²) in [4.78, 5) is 7.02. The lowest BCUT2D eigenvalue weighted by atomic mass is 10.1. The molecule has 1 aromatic heterocycles. The Morgan fingerprint density at radius 1 is 0.960 bits per heavy atom. The molecular formula is C18H24N4O2S. The number of fused-ring (bicyclic) bond motifs is 1. The van der Waals surface area contributed by atoms with Crippen molar-refractivity contribution in [2.24, 2.45) is 0 Å². The molecule has 25 heavy (non-hydrogen) atoms. The normalized spacial score (nSPS) is 20.1. The molecule has 2 fully saturated rings. The first kappa shape index (κ1) is 16.8. The third kappa shape index (κ3) is 3.36. The lowest BCUT2D eigenvalue weighted by Crippen LogP contribution is -2.43. The van der Waals surface area contributed by atoms with Gasteiger partial charge in [0.05, 0.1) is 5.52 Å². The van der Waals surface area contributed by atoms with E-state index in [0.717, 1.165) is 62.0 Å². The molecular weight excluding hydrogens is 336 g/mol. The highest BCUT2D eigenvalue weighted by Gasteiger charge is 2.26. The summed E-state index contributed by atoms with van der Waals surface area (Å²) in [6.07, 6.45) is 4.48. The van der Waals surface area contributed by atoms with E-state index in [9.17, 15) is 8.42 Å². The molecule has 0 amide bonds. The Bertz CT molecular complexity index is 857. The van der Waals surface area contributed by atoms with Gasteiger partial charge in [0.1, 0.15) is 4.90 Å². The topological polar surface area (TPSA) is 65.5 Å². The monoisotopic (exact) mass is 360 g/mol. The first-order valence-corrected chi connectivity index (χ1v) is 10.4. The summed E-state index contributed by atoms with van der Waals surface area (Å²) in [7, 11) is -3.44. The van der Waals surface area contributed by atoms with Crippen molar-refractivity contribution in [2.45, 2.75) is 24.2 Å². The lowest BCUT2D eigenvalue weighted by Gasteiger charge is -2.29. The predicted octanol–water partition coefficient (Wildman–Crippen LogP) is 1.82. The zero-order chi connectivity index (χ0) is 17.3. The third-order valence-corrected chi connectivity index (χ3v) is 6.94. The van der Waals surface area contributed by atoms with Gasteiger partial charge in [0.2, 0.25) is 10.0 Å². The standard InChI is InChI=1S/C18H24N4O2S/c23-25(24,22-8-2-1-3-9-22)17-13-15-12-16(4-5-18(15)20-14-17)21-10-6-19-7-11-21/h4-5,12-14,19H,1-3,6-11H2. The van der Waals surface area contributed by atoms with Crippen molar-refractivity contribution in [2.75, 3.05) is 44.2 Å². The van der Waals surface area contributed by atoms with Gasteiger partial charge >= 0.3 is 0 Å². The molecule has 134 valence electrons. The minimum absolute atomic E-state index is 0.305. The van der Waals surface area contributed by atoms with Crippen LogP contribution in [0.15, 0.2) is 35.4 Å². The minimum atomic E-state index is -3.44. The van der Waals surface area contributed by atoms with Crippen molar-refractivity contribution in [3.05, 3.63) is 30.5 Å². The smallest absolute Gasteiger partial charge is 0.244 e. The fourth-order valence-electron chi connectivity index (χ4n) is 3.61. The number of nitrogens with one attached hydrogen (secondary N) is 1. The fraction of sp³-hybridized carbons (Fsp3) is 0.500. The second-order valence-corrected chi connectivity index (χ2v) is 8.69. The molecule has 0 bridgehead atoms. The molecule has 0 atom stereocenters. The third-order valence-electron chi connectivity index (χ3n) is 5.07. The fourth-order valence-corrected chi connectivity index (χ4v) is 5.11. The summed E-state index contributed by atoms with van der Waals surface area (Å²) in [5.74, 6) is 0. The number of pyridine rings is 1. The molecule has 1 aromatic carbocycles. The van der Waals surface area contributed by atoms with E-state index in [-0.39, 0.29) is 0 Å². The first-order chi connectivity index (χ1) is 12.1. The maximum atomic E-state index is 12.9. The molecule has 0 radical (unpaired) electrons. The summed E-state index contributed by atoms with van der Waals surface area (Å²) in [6, 6.07) is 7.88. The second kappa shape index (κ2) is 6.90. The van der Waals surface area contributed by atoms with Crippen LogP contribution in [-0.2, 0) is 10.0 Å². The largest absolute Gasteiger partial charge is 0.369 e. The van der Waals surface area contributed by atoms with Crippen LogP contribution in [0.5, 0.6) is 0 Å². The van der Waals surface area contributed by atoms with Gasteiger partial charge in [-0.05, 0) is 37.1 Å². The highest BCUT2D eigenvalue weighted by Crippen LogP contribution is 2.26. The van der Waals surface area contributed by atoms with Crippen molar-refractivity contribution < 1.29 is 8.42 Å². The van der Waals surface area contributed by atoms with Gasteiger partial charge in [0.25, 0.3) is 0 Å². The molecule has 7 heteroatoms. The van der Waals surface area contributed by atoms with Crippen LogP contribution in [0.4, 0.5) is 5.69 Å². The summed E-state index contributed by atoms with van der Waals surface area (Å²) in [6.45, 7) is 5.09. The molecule has 2 aliphatic heterocycles. The van der Waals surface area contributed by atoms with Gasteiger partial charge in [-0.2, -0.15) is 4.31 Å².